The zero-order valence-corrected chi connectivity index (χ0v) is 13.5. The average molecular weight is 340 g/mol. The van der Waals surface area contributed by atoms with Crippen LogP contribution in [-0.2, 0) is 6.54 Å². The van der Waals surface area contributed by atoms with Gasteiger partial charge in [-0.2, -0.15) is 0 Å². The van der Waals surface area contributed by atoms with E-state index < -0.39 is 0 Å². The molecule has 1 heterocycles. The molecule has 2 rings (SSSR count). The van der Waals surface area contributed by atoms with Crippen molar-refractivity contribution >= 4 is 21.7 Å². The summed E-state index contributed by atoms with van der Waals surface area (Å²) >= 11 is 3.38. The van der Waals surface area contributed by atoms with Gasteiger partial charge in [0.25, 0.3) is 0 Å². The van der Waals surface area contributed by atoms with Gasteiger partial charge >= 0.3 is 0 Å². The van der Waals surface area contributed by atoms with Crippen molar-refractivity contribution in [3.8, 4) is 11.3 Å². The van der Waals surface area contributed by atoms with E-state index in [-0.39, 0.29) is 11.7 Å². The minimum Gasteiger partial charge on any atom is -0.383 e. The lowest BCUT2D eigenvalue weighted by Crippen LogP contribution is -2.08. The predicted molar refractivity (Wildman–Crippen MR) is 84.1 cm³/mol. The lowest BCUT2D eigenvalue weighted by Gasteiger charge is -2.10. The number of hydrogen-bond donors (Lipinski definition) is 1. The van der Waals surface area contributed by atoms with E-state index in [1.807, 2.05) is 0 Å². The zero-order valence-electron chi connectivity index (χ0n) is 12.0. The smallest absolute Gasteiger partial charge is 0.131 e. The number of aromatic nitrogens is 2. The highest BCUT2D eigenvalue weighted by atomic mass is 79.9. The largest absolute Gasteiger partial charge is 0.383 e. The van der Waals surface area contributed by atoms with Gasteiger partial charge in [-0.1, -0.05) is 20.8 Å². The van der Waals surface area contributed by atoms with Crippen molar-refractivity contribution in [2.45, 2.75) is 39.7 Å². The van der Waals surface area contributed by atoms with Gasteiger partial charge in [0.15, 0.2) is 0 Å². The highest BCUT2D eigenvalue weighted by Crippen LogP contribution is 2.34. The van der Waals surface area contributed by atoms with Gasteiger partial charge in [-0.05, 0) is 40.5 Å². The van der Waals surface area contributed by atoms with Gasteiger partial charge < -0.3 is 10.3 Å². The van der Waals surface area contributed by atoms with E-state index in [9.17, 15) is 4.39 Å². The maximum Gasteiger partial charge on any atom is 0.131 e. The van der Waals surface area contributed by atoms with Crippen molar-refractivity contribution < 1.29 is 4.39 Å². The Hall–Kier alpha value is -1.36. The predicted octanol–water partition coefficient (Wildman–Crippen LogP) is 4.57. The number of halogens is 2. The van der Waals surface area contributed by atoms with Crippen LogP contribution in [0.5, 0.6) is 0 Å². The van der Waals surface area contributed by atoms with Crippen LogP contribution in [0.4, 0.5) is 10.2 Å². The molecule has 108 valence electrons. The Kier molecular flexibility index (Phi) is 4.48. The molecule has 0 fully saturated rings. The Bertz CT molecular complexity index is 620. The van der Waals surface area contributed by atoms with Gasteiger partial charge in [0.2, 0.25) is 0 Å². The Labute approximate surface area is 127 Å². The first-order valence-electron chi connectivity index (χ1n) is 6.77. The number of anilines is 1. The SMILES string of the molecule is CCCn1c(C(C)C)nc(-c2ccc(F)cc2Br)c1N. The second-order valence-electron chi connectivity index (χ2n) is 5.13. The molecular weight excluding hydrogens is 321 g/mol. The molecule has 0 unspecified atom stereocenters. The molecule has 0 spiro atoms. The molecule has 0 amide bonds. The fourth-order valence-corrected chi connectivity index (χ4v) is 2.80. The van der Waals surface area contributed by atoms with E-state index in [2.05, 4.69) is 46.3 Å². The lowest BCUT2D eigenvalue weighted by atomic mass is 10.1. The number of nitrogens with zero attached hydrogens (tertiary/aromatic N) is 2. The minimum absolute atomic E-state index is 0.281. The first-order valence-corrected chi connectivity index (χ1v) is 7.56. The number of rotatable bonds is 4. The summed E-state index contributed by atoms with van der Waals surface area (Å²) in [6, 6.07) is 4.56. The third-order valence-corrected chi connectivity index (χ3v) is 3.84. The highest BCUT2D eigenvalue weighted by molar-refractivity contribution is 9.10. The van der Waals surface area contributed by atoms with Gasteiger partial charge in [-0.3, -0.25) is 0 Å². The maximum absolute atomic E-state index is 13.2. The van der Waals surface area contributed by atoms with E-state index in [0.717, 1.165) is 24.4 Å². The molecule has 0 aliphatic carbocycles. The molecule has 0 atom stereocenters. The normalized spacial score (nSPS) is 11.3. The van der Waals surface area contributed by atoms with Crippen LogP contribution in [0.1, 0.15) is 38.9 Å². The Morgan fingerprint density at radius 3 is 2.65 bits per heavy atom. The molecule has 5 heteroatoms. The van der Waals surface area contributed by atoms with Crippen molar-refractivity contribution in [2.24, 2.45) is 0 Å². The Balaban J connectivity index is 2.60. The van der Waals surface area contributed by atoms with Gasteiger partial charge in [-0.25, -0.2) is 9.37 Å². The van der Waals surface area contributed by atoms with Crippen LogP contribution in [-0.4, -0.2) is 9.55 Å². The molecule has 2 N–H and O–H groups in total. The summed E-state index contributed by atoms with van der Waals surface area (Å²) in [6.07, 6.45) is 0.990. The average Bonchev–Trinajstić information content (AvgIpc) is 2.68. The van der Waals surface area contributed by atoms with Crippen molar-refractivity contribution in [3.63, 3.8) is 0 Å². The van der Waals surface area contributed by atoms with Crippen molar-refractivity contribution in [1.29, 1.82) is 0 Å². The number of hydrogen-bond acceptors (Lipinski definition) is 2. The molecule has 2 aromatic rings. The molecule has 0 bridgehead atoms. The van der Waals surface area contributed by atoms with Gasteiger partial charge in [0, 0.05) is 22.5 Å². The summed E-state index contributed by atoms with van der Waals surface area (Å²) < 4.78 is 15.9. The summed E-state index contributed by atoms with van der Waals surface area (Å²) in [7, 11) is 0. The molecule has 0 aliphatic rings. The summed E-state index contributed by atoms with van der Waals surface area (Å²) in [6.45, 7) is 7.14. The molecule has 3 nitrogen and oxygen atoms in total. The number of nitrogen functional groups attached to an aromatic ring is 1. The van der Waals surface area contributed by atoms with Crippen LogP contribution in [0, 0.1) is 5.82 Å². The minimum atomic E-state index is -0.281. The topological polar surface area (TPSA) is 43.8 Å². The zero-order chi connectivity index (χ0) is 14.9. The van der Waals surface area contributed by atoms with E-state index in [1.165, 1.54) is 12.1 Å². The van der Waals surface area contributed by atoms with Gasteiger partial charge in [-0.15, -0.1) is 0 Å². The summed E-state index contributed by atoms with van der Waals surface area (Å²) in [4.78, 5) is 4.67. The standard InChI is InChI=1S/C15H19BrFN3/c1-4-7-20-14(18)13(19-15(20)9(2)3)11-6-5-10(17)8-12(11)16/h5-6,8-9H,4,7,18H2,1-3H3. The van der Waals surface area contributed by atoms with Crippen molar-refractivity contribution in [3.05, 3.63) is 34.3 Å². The molecule has 20 heavy (non-hydrogen) atoms. The molecular formula is C15H19BrFN3. The fraction of sp³-hybridized carbons (Fsp3) is 0.400. The van der Waals surface area contributed by atoms with E-state index in [1.54, 1.807) is 6.07 Å². The quantitative estimate of drug-likeness (QED) is 0.886. The van der Waals surface area contributed by atoms with Crippen LogP contribution in [0.3, 0.4) is 0 Å². The van der Waals surface area contributed by atoms with Gasteiger partial charge in [0.1, 0.15) is 23.2 Å². The Morgan fingerprint density at radius 2 is 2.10 bits per heavy atom. The first kappa shape index (κ1) is 15.0. The number of benzene rings is 1. The van der Waals surface area contributed by atoms with E-state index in [4.69, 9.17) is 5.73 Å². The van der Waals surface area contributed by atoms with Crippen LogP contribution in [0.15, 0.2) is 22.7 Å². The summed E-state index contributed by atoms with van der Waals surface area (Å²) in [5, 5.41) is 0. The van der Waals surface area contributed by atoms with Crippen LogP contribution in [0.25, 0.3) is 11.3 Å². The first-order chi connectivity index (χ1) is 9.45. The molecule has 0 radical (unpaired) electrons. The third kappa shape index (κ3) is 2.73. The van der Waals surface area contributed by atoms with Crippen LogP contribution in [0.2, 0.25) is 0 Å². The van der Waals surface area contributed by atoms with Crippen molar-refractivity contribution in [1.82, 2.24) is 9.55 Å². The monoisotopic (exact) mass is 339 g/mol. The van der Waals surface area contributed by atoms with Crippen molar-refractivity contribution in [2.75, 3.05) is 5.73 Å². The summed E-state index contributed by atoms with van der Waals surface area (Å²) in [5.74, 6) is 1.62. The highest BCUT2D eigenvalue weighted by Gasteiger charge is 2.19. The second-order valence-corrected chi connectivity index (χ2v) is 5.99. The maximum atomic E-state index is 13.2. The van der Waals surface area contributed by atoms with Crippen LogP contribution >= 0.6 is 15.9 Å². The molecule has 1 aromatic carbocycles. The molecule has 0 saturated carbocycles. The number of imidazole rings is 1. The van der Waals surface area contributed by atoms with E-state index in [0.29, 0.717) is 16.0 Å². The summed E-state index contributed by atoms with van der Waals surface area (Å²) in [5.41, 5.74) is 7.79. The Morgan fingerprint density at radius 1 is 1.40 bits per heavy atom. The molecule has 1 aromatic heterocycles. The second kappa shape index (κ2) is 5.95. The molecule has 0 aliphatic heterocycles. The fourth-order valence-electron chi connectivity index (χ4n) is 2.26. The van der Waals surface area contributed by atoms with Crippen LogP contribution < -0.4 is 5.73 Å². The van der Waals surface area contributed by atoms with Gasteiger partial charge in [0.05, 0.1) is 0 Å². The molecule has 0 saturated heterocycles. The number of nitrogens with two attached hydrogens (primary N) is 1. The van der Waals surface area contributed by atoms with E-state index >= 15 is 0 Å². The lowest BCUT2D eigenvalue weighted by molar-refractivity contribution is 0.616. The third-order valence-electron chi connectivity index (χ3n) is 3.19.